The van der Waals surface area contributed by atoms with Crippen LogP contribution in [-0.2, 0) is 11.3 Å². The van der Waals surface area contributed by atoms with Crippen molar-refractivity contribution in [1.29, 1.82) is 0 Å². The third-order valence-corrected chi connectivity index (χ3v) is 4.34. The Morgan fingerprint density at radius 2 is 2.00 bits per heavy atom. The fourth-order valence-electron chi connectivity index (χ4n) is 2.66. The van der Waals surface area contributed by atoms with Gasteiger partial charge in [0.05, 0.1) is 12.6 Å². The minimum Gasteiger partial charge on any atom is -0.393 e. The van der Waals surface area contributed by atoms with E-state index in [0.29, 0.717) is 24.0 Å². The van der Waals surface area contributed by atoms with Gasteiger partial charge >= 0.3 is 0 Å². The van der Waals surface area contributed by atoms with E-state index in [1.54, 1.807) is 0 Å². The van der Waals surface area contributed by atoms with E-state index in [1.165, 1.54) is 0 Å². The number of amides is 1. The smallest absolute Gasteiger partial charge is 0.234 e. The zero-order valence-corrected chi connectivity index (χ0v) is 13.1. The summed E-state index contributed by atoms with van der Waals surface area (Å²) in [6.45, 7) is 4.56. The number of piperidine rings is 1. The van der Waals surface area contributed by atoms with E-state index >= 15 is 0 Å². The number of aliphatic hydroxyl groups is 1. The van der Waals surface area contributed by atoms with Crippen LogP contribution in [0.2, 0.25) is 5.02 Å². The van der Waals surface area contributed by atoms with E-state index in [1.807, 2.05) is 31.2 Å². The Morgan fingerprint density at radius 1 is 1.38 bits per heavy atom. The Hall–Kier alpha value is -1.10. The van der Waals surface area contributed by atoms with E-state index < -0.39 is 0 Å². The summed E-state index contributed by atoms with van der Waals surface area (Å²) in [6, 6.07) is 7.47. The molecule has 5 heteroatoms. The fourth-order valence-corrected chi connectivity index (χ4v) is 2.78. The first kappa shape index (κ1) is 16.3. The number of hydrogen-bond acceptors (Lipinski definition) is 3. The van der Waals surface area contributed by atoms with Gasteiger partial charge in [0.25, 0.3) is 0 Å². The summed E-state index contributed by atoms with van der Waals surface area (Å²) in [5.41, 5.74) is 1.04. The Labute approximate surface area is 131 Å². The summed E-state index contributed by atoms with van der Waals surface area (Å²) >= 11 is 5.83. The molecule has 4 nitrogen and oxygen atoms in total. The van der Waals surface area contributed by atoms with Crippen LogP contribution >= 0.6 is 11.6 Å². The molecule has 0 aliphatic carbocycles. The molecule has 0 radical (unpaired) electrons. The number of carbonyl (C=O) groups is 1. The Morgan fingerprint density at radius 3 is 2.57 bits per heavy atom. The van der Waals surface area contributed by atoms with Gasteiger partial charge < -0.3 is 10.4 Å². The second-order valence-corrected chi connectivity index (χ2v) is 6.19. The predicted octanol–water partition coefficient (Wildman–Crippen LogP) is 2.05. The van der Waals surface area contributed by atoms with Crippen molar-refractivity contribution in [3.05, 3.63) is 34.9 Å². The molecule has 1 atom stereocenters. The molecule has 1 heterocycles. The van der Waals surface area contributed by atoms with Gasteiger partial charge in [-0.25, -0.2) is 0 Å². The van der Waals surface area contributed by atoms with Crippen LogP contribution in [0.1, 0.15) is 25.3 Å². The van der Waals surface area contributed by atoms with Crippen molar-refractivity contribution in [3.63, 3.8) is 0 Å². The largest absolute Gasteiger partial charge is 0.393 e. The lowest BCUT2D eigenvalue weighted by molar-refractivity contribution is -0.122. The second kappa shape index (κ2) is 7.78. The standard InChI is InChI=1S/C16H23ClN2O2/c1-12(20)14-6-8-19(9-7-14)11-16(21)18-10-13-2-4-15(17)5-3-13/h2-5,12,14,20H,6-11H2,1H3,(H,18,21)/t12-/m0/s1. The summed E-state index contributed by atoms with van der Waals surface area (Å²) in [6.07, 6.45) is 1.68. The van der Waals surface area contributed by atoms with Crippen LogP contribution in [0.3, 0.4) is 0 Å². The summed E-state index contributed by atoms with van der Waals surface area (Å²) in [4.78, 5) is 14.1. The van der Waals surface area contributed by atoms with Crippen molar-refractivity contribution in [1.82, 2.24) is 10.2 Å². The van der Waals surface area contributed by atoms with Gasteiger partial charge in [-0.1, -0.05) is 23.7 Å². The first-order chi connectivity index (χ1) is 10.0. The van der Waals surface area contributed by atoms with E-state index in [0.717, 1.165) is 31.5 Å². The van der Waals surface area contributed by atoms with E-state index in [9.17, 15) is 9.90 Å². The maximum atomic E-state index is 11.9. The van der Waals surface area contributed by atoms with Crippen molar-refractivity contribution in [2.24, 2.45) is 5.92 Å². The summed E-state index contributed by atoms with van der Waals surface area (Å²) in [7, 11) is 0. The highest BCUT2D eigenvalue weighted by atomic mass is 35.5. The maximum absolute atomic E-state index is 11.9. The highest BCUT2D eigenvalue weighted by Crippen LogP contribution is 2.20. The normalized spacial score (nSPS) is 18.4. The third kappa shape index (κ3) is 5.30. The first-order valence-electron chi connectivity index (χ1n) is 7.46. The lowest BCUT2D eigenvalue weighted by atomic mass is 9.92. The van der Waals surface area contributed by atoms with Gasteiger partial charge in [-0.05, 0) is 56.5 Å². The summed E-state index contributed by atoms with van der Waals surface area (Å²) in [5.74, 6) is 0.416. The molecule has 1 saturated heterocycles. The molecule has 1 aliphatic heterocycles. The Balaban J connectivity index is 1.69. The number of halogens is 1. The number of carbonyl (C=O) groups excluding carboxylic acids is 1. The Bertz CT molecular complexity index is 454. The molecule has 1 fully saturated rings. The number of rotatable bonds is 5. The minimum atomic E-state index is -0.245. The van der Waals surface area contributed by atoms with E-state index in [2.05, 4.69) is 10.2 Å². The molecule has 0 saturated carbocycles. The first-order valence-corrected chi connectivity index (χ1v) is 7.84. The zero-order valence-electron chi connectivity index (χ0n) is 12.4. The third-order valence-electron chi connectivity index (χ3n) is 4.08. The molecule has 21 heavy (non-hydrogen) atoms. The SMILES string of the molecule is C[C@H](O)C1CCN(CC(=O)NCc2ccc(Cl)cc2)CC1. The molecule has 1 aromatic carbocycles. The van der Waals surface area contributed by atoms with E-state index in [-0.39, 0.29) is 12.0 Å². The molecule has 0 spiro atoms. The van der Waals surface area contributed by atoms with Crippen molar-refractivity contribution >= 4 is 17.5 Å². The molecule has 2 rings (SSSR count). The van der Waals surface area contributed by atoms with Gasteiger partial charge in [0, 0.05) is 11.6 Å². The van der Waals surface area contributed by atoms with Crippen molar-refractivity contribution in [3.8, 4) is 0 Å². The van der Waals surface area contributed by atoms with Crippen molar-refractivity contribution in [2.45, 2.75) is 32.4 Å². The topological polar surface area (TPSA) is 52.6 Å². The predicted molar refractivity (Wildman–Crippen MR) is 84.1 cm³/mol. The average Bonchev–Trinajstić information content (AvgIpc) is 2.47. The molecule has 2 N–H and O–H groups in total. The minimum absolute atomic E-state index is 0.0421. The molecule has 0 bridgehead atoms. The molecule has 1 aliphatic rings. The Kier molecular flexibility index (Phi) is 6.03. The van der Waals surface area contributed by atoms with Crippen LogP contribution in [0.5, 0.6) is 0 Å². The lowest BCUT2D eigenvalue weighted by Gasteiger charge is -2.32. The molecular weight excluding hydrogens is 288 g/mol. The van der Waals surface area contributed by atoms with Crippen LogP contribution in [-0.4, -0.2) is 41.7 Å². The number of hydrogen-bond donors (Lipinski definition) is 2. The van der Waals surface area contributed by atoms with Crippen LogP contribution in [0, 0.1) is 5.92 Å². The van der Waals surface area contributed by atoms with Crippen LogP contribution in [0.4, 0.5) is 0 Å². The zero-order chi connectivity index (χ0) is 15.2. The quantitative estimate of drug-likeness (QED) is 0.875. The molecular formula is C16H23ClN2O2. The number of nitrogens with one attached hydrogen (secondary N) is 1. The monoisotopic (exact) mass is 310 g/mol. The summed E-state index contributed by atoms with van der Waals surface area (Å²) in [5, 5.41) is 13.2. The highest BCUT2D eigenvalue weighted by molar-refractivity contribution is 6.30. The van der Waals surface area contributed by atoms with Gasteiger partial charge in [0.1, 0.15) is 0 Å². The summed E-state index contributed by atoms with van der Waals surface area (Å²) < 4.78 is 0. The number of likely N-dealkylation sites (tertiary alicyclic amines) is 1. The van der Waals surface area contributed by atoms with Gasteiger partial charge in [-0.15, -0.1) is 0 Å². The van der Waals surface area contributed by atoms with Crippen LogP contribution in [0.15, 0.2) is 24.3 Å². The maximum Gasteiger partial charge on any atom is 0.234 e. The van der Waals surface area contributed by atoms with E-state index in [4.69, 9.17) is 11.6 Å². The molecule has 1 amide bonds. The van der Waals surface area contributed by atoms with Gasteiger partial charge in [-0.2, -0.15) is 0 Å². The average molecular weight is 311 g/mol. The van der Waals surface area contributed by atoms with Crippen LogP contribution in [0.25, 0.3) is 0 Å². The molecule has 0 unspecified atom stereocenters. The molecule has 0 aromatic heterocycles. The van der Waals surface area contributed by atoms with Gasteiger partial charge in [0.2, 0.25) is 5.91 Å². The number of benzene rings is 1. The van der Waals surface area contributed by atoms with Gasteiger partial charge in [0.15, 0.2) is 0 Å². The number of nitrogens with zero attached hydrogens (tertiary/aromatic N) is 1. The lowest BCUT2D eigenvalue weighted by Crippen LogP contribution is -2.42. The van der Waals surface area contributed by atoms with Crippen LogP contribution < -0.4 is 5.32 Å². The fraction of sp³-hybridized carbons (Fsp3) is 0.562. The second-order valence-electron chi connectivity index (χ2n) is 5.76. The van der Waals surface area contributed by atoms with Crippen molar-refractivity contribution in [2.75, 3.05) is 19.6 Å². The highest BCUT2D eigenvalue weighted by Gasteiger charge is 2.23. The molecule has 116 valence electrons. The number of aliphatic hydroxyl groups excluding tert-OH is 1. The van der Waals surface area contributed by atoms with Gasteiger partial charge in [-0.3, -0.25) is 9.69 Å². The molecule has 1 aromatic rings. The van der Waals surface area contributed by atoms with Crippen molar-refractivity contribution < 1.29 is 9.90 Å².